The van der Waals surface area contributed by atoms with Crippen molar-refractivity contribution in [3.63, 3.8) is 0 Å². The van der Waals surface area contributed by atoms with Gasteiger partial charge in [0.25, 0.3) is 0 Å². The first-order valence-corrected chi connectivity index (χ1v) is 4.95. The molecule has 0 fully saturated rings. The number of hydrogen-bond acceptors (Lipinski definition) is 2. The highest BCUT2D eigenvalue weighted by molar-refractivity contribution is 5.66. The molecule has 2 N–H and O–H groups in total. The van der Waals surface area contributed by atoms with Crippen LogP contribution in [0.1, 0.15) is 18.4 Å². The SMILES string of the molecule is O=C(O)CCCNCc1cc(F)cc(F)c1. The lowest BCUT2D eigenvalue weighted by Gasteiger charge is -2.04. The van der Waals surface area contributed by atoms with Gasteiger partial charge in [-0.2, -0.15) is 0 Å². The number of hydrogen-bond donors (Lipinski definition) is 2. The number of rotatable bonds is 6. The maximum Gasteiger partial charge on any atom is 0.303 e. The molecule has 3 nitrogen and oxygen atoms in total. The minimum absolute atomic E-state index is 0.0878. The van der Waals surface area contributed by atoms with E-state index in [4.69, 9.17) is 5.11 Å². The summed E-state index contributed by atoms with van der Waals surface area (Å²) in [6.07, 6.45) is 0.581. The average Bonchev–Trinajstić information content (AvgIpc) is 2.15. The Morgan fingerprint density at radius 2 is 1.88 bits per heavy atom. The van der Waals surface area contributed by atoms with Crippen molar-refractivity contribution in [1.82, 2.24) is 5.32 Å². The number of aliphatic carboxylic acids is 1. The van der Waals surface area contributed by atoms with Crippen LogP contribution in [-0.4, -0.2) is 17.6 Å². The van der Waals surface area contributed by atoms with Crippen molar-refractivity contribution in [2.75, 3.05) is 6.54 Å². The van der Waals surface area contributed by atoms with Gasteiger partial charge in [-0.25, -0.2) is 8.78 Å². The van der Waals surface area contributed by atoms with Gasteiger partial charge in [0.15, 0.2) is 0 Å². The minimum Gasteiger partial charge on any atom is -0.481 e. The van der Waals surface area contributed by atoms with Crippen molar-refractivity contribution in [1.29, 1.82) is 0 Å². The van der Waals surface area contributed by atoms with Crippen LogP contribution in [0.4, 0.5) is 8.78 Å². The van der Waals surface area contributed by atoms with Crippen LogP contribution in [-0.2, 0) is 11.3 Å². The Kier molecular flexibility index (Phi) is 4.85. The molecule has 1 aromatic carbocycles. The zero-order valence-electron chi connectivity index (χ0n) is 8.67. The summed E-state index contributed by atoms with van der Waals surface area (Å²) in [5.74, 6) is -2.07. The van der Waals surface area contributed by atoms with E-state index in [0.717, 1.165) is 6.07 Å². The fourth-order valence-electron chi connectivity index (χ4n) is 1.31. The summed E-state index contributed by atoms with van der Waals surface area (Å²) in [6.45, 7) is 0.832. The smallest absolute Gasteiger partial charge is 0.303 e. The van der Waals surface area contributed by atoms with E-state index >= 15 is 0 Å². The van der Waals surface area contributed by atoms with Crippen molar-refractivity contribution in [3.05, 3.63) is 35.4 Å². The Balaban J connectivity index is 2.29. The van der Waals surface area contributed by atoms with Gasteiger partial charge in [0, 0.05) is 19.0 Å². The summed E-state index contributed by atoms with van der Waals surface area (Å²) in [5.41, 5.74) is 0.507. The molecule has 0 saturated carbocycles. The number of carbonyl (C=O) groups is 1. The van der Waals surface area contributed by atoms with Gasteiger partial charge in [-0.15, -0.1) is 0 Å². The predicted molar refractivity (Wildman–Crippen MR) is 54.9 cm³/mol. The molecular weight excluding hydrogens is 216 g/mol. The molecule has 0 amide bonds. The van der Waals surface area contributed by atoms with Crippen molar-refractivity contribution in [2.45, 2.75) is 19.4 Å². The van der Waals surface area contributed by atoms with Gasteiger partial charge < -0.3 is 10.4 Å². The normalized spacial score (nSPS) is 10.4. The quantitative estimate of drug-likeness (QED) is 0.733. The summed E-state index contributed by atoms with van der Waals surface area (Å²) >= 11 is 0. The molecule has 0 bridgehead atoms. The Morgan fingerprint density at radius 1 is 1.25 bits per heavy atom. The Bertz CT molecular complexity index is 349. The lowest BCUT2D eigenvalue weighted by Crippen LogP contribution is -2.16. The van der Waals surface area contributed by atoms with Crippen LogP contribution in [0.25, 0.3) is 0 Å². The average molecular weight is 229 g/mol. The van der Waals surface area contributed by atoms with E-state index in [9.17, 15) is 13.6 Å². The van der Waals surface area contributed by atoms with Crippen LogP contribution in [0.3, 0.4) is 0 Å². The third kappa shape index (κ3) is 4.84. The standard InChI is InChI=1S/C11H13F2NO2/c12-9-4-8(5-10(13)6-9)7-14-3-1-2-11(15)16/h4-6,14H,1-3,7H2,(H,15,16). The third-order valence-corrected chi connectivity index (χ3v) is 2.00. The molecule has 0 aliphatic heterocycles. The Morgan fingerprint density at radius 3 is 2.44 bits per heavy atom. The molecule has 0 unspecified atom stereocenters. The second kappa shape index (κ2) is 6.17. The minimum atomic E-state index is -0.849. The van der Waals surface area contributed by atoms with Gasteiger partial charge in [0.2, 0.25) is 0 Å². The fourth-order valence-corrected chi connectivity index (χ4v) is 1.31. The molecule has 1 rings (SSSR count). The summed E-state index contributed by atoms with van der Waals surface area (Å²) in [6, 6.07) is 3.30. The Hall–Kier alpha value is -1.49. The molecule has 0 heterocycles. The topological polar surface area (TPSA) is 49.3 Å². The molecule has 0 aliphatic carbocycles. The number of carboxylic acids is 1. The summed E-state index contributed by atoms with van der Waals surface area (Å²) in [4.78, 5) is 10.2. The highest BCUT2D eigenvalue weighted by Gasteiger charge is 2.00. The maximum absolute atomic E-state index is 12.8. The highest BCUT2D eigenvalue weighted by Crippen LogP contribution is 2.07. The molecule has 0 saturated heterocycles. The molecule has 0 aromatic heterocycles. The molecule has 0 aliphatic rings. The van der Waals surface area contributed by atoms with E-state index in [1.54, 1.807) is 0 Å². The molecule has 0 radical (unpaired) electrons. The van der Waals surface area contributed by atoms with Crippen molar-refractivity contribution in [2.24, 2.45) is 0 Å². The molecule has 88 valence electrons. The number of nitrogens with one attached hydrogen (secondary N) is 1. The molecule has 1 aromatic rings. The molecule has 0 atom stereocenters. The zero-order chi connectivity index (χ0) is 12.0. The first-order chi connectivity index (χ1) is 7.58. The van der Waals surface area contributed by atoms with E-state index in [2.05, 4.69) is 5.32 Å². The summed E-state index contributed by atoms with van der Waals surface area (Å²) in [5, 5.41) is 11.3. The predicted octanol–water partition coefficient (Wildman–Crippen LogP) is 1.92. The van der Waals surface area contributed by atoms with E-state index < -0.39 is 17.6 Å². The highest BCUT2D eigenvalue weighted by atomic mass is 19.1. The molecule has 0 spiro atoms. The lowest BCUT2D eigenvalue weighted by molar-refractivity contribution is -0.137. The van der Waals surface area contributed by atoms with Gasteiger partial charge in [0.05, 0.1) is 0 Å². The number of benzene rings is 1. The van der Waals surface area contributed by atoms with Gasteiger partial charge in [-0.05, 0) is 30.7 Å². The van der Waals surface area contributed by atoms with Gasteiger partial charge in [0.1, 0.15) is 11.6 Å². The van der Waals surface area contributed by atoms with Crippen LogP contribution in [0.15, 0.2) is 18.2 Å². The first-order valence-electron chi connectivity index (χ1n) is 4.95. The first kappa shape index (κ1) is 12.6. The summed E-state index contributed by atoms with van der Waals surface area (Å²) in [7, 11) is 0. The van der Waals surface area contributed by atoms with Gasteiger partial charge >= 0.3 is 5.97 Å². The van der Waals surface area contributed by atoms with Gasteiger partial charge in [-0.3, -0.25) is 4.79 Å². The van der Waals surface area contributed by atoms with Crippen LogP contribution in [0.5, 0.6) is 0 Å². The molecular formula is C11H13F2NO2. The monoisotopic (exact) mass is 229 g/mol. The number of halogens is 2. The van der Waals surface area contributed by atoms with Crippen LogP contribution >= 0.6 is 0 Å². The van der Waals surface area contributed by atoms with E-state index in [-0.39, 0.29) is 6.42 Å². The molecule has 16 heavy (non-hydrogen) atoms. The van der Waals surface area contributed by atoms with Crippen LogP contribution < -0.4 is 5.32 Å². The second-order valence-corrected chi connectivity index (χ2v) is 3.45. The van der Waals surface area contributed by atoms with Crippen molar-refractivity contribution >= 4 is 5.97 Å². The van der Waals surface area contributed by atoms with Crippen molar-refractivity contribution in [3.8, 4) is 0 Å². The van der Waals surface area contributed by atoms with E-state index in [1.165, 1.54) is 12.1 Å². The number of carboxylic acid groups (broad SMARTS) is 1. The van der Waals surface area contributed by atoms with Crippen LogP contribution in [0, 0.1) is 11.6 Å². The maximum atomic E-state index is 12.8. The van der Waals surface area contributed by atoms with E-state index in [1.807, 2.05) is 0 Å². The van der Waals surface area contributed by atoms with Crippen LogP contribution in [0.2, 0.25) is 0 Å². The second-order valence-electron chi connectivity index (χ2n) is 3.45. The molecule has 5 heteroatoms. The van der Waals surface area contributed by atoms with Gasteiger partial charge in [-0.1, -0.05) is 0 Å². The van der Waals surface area contributed by atoms with E-state index in [0.29, 0.717) is 25.1 Å². The van der Waals surface area contributed by atoms with Crippen molar-refractivity contribution < 1.29 is 18.7 Å². The zero-order valence-corrected chi connectivity index (χ0v) is 8.67. The largest absolute Gasteiger partial charge is 0.481 e. The third-order valence-electron chi connectivity index (χ3n) is 2.00. The Labute approximate surface area is 92.1 Å². The lowest BCUT2D eigenvalue weighted by atomic mass is 10.2. The fraction of sp³-hybridized carbons (Fsp3) is 0.364. The summed E-state index contributed by atoms with van der Waals surface area (Å²) < 4.78 is 25.5.